The second kappa shape index (κ2) is 3.80. The van der Waals surface area contributed by atoms with Crippen molar-refractivity contribution >= 4 is 17.2 Å². The van der Waals surface area contributed by atoms with E-state index in [1.54, 1.807) is 0 Å². The molecule has 0 aliphatic carbocycles. The van der Waals surface area contributed by atoms with Crippen molar-refractivity contribution in [1.29, 1.82) is 0 Å². The first-order valence-corrected chi connectivity index (χ1v) is 3.07. The van der Waals surface area contributed by atoms with E-state index < -0.39 is 0 Å². The highest BCUT2D eigenvalue weighted by atomic mass is 32.1. The summed E-state index contributed by atoms with van der Waals surface area (Å²) in [7, 11) is 0. The van der Waals surface area contributed by atoms with Gasteiger partial charge in [0.2, 0.25) is 0 Å². The average molecular weight is 133 g/mol. The molecule has 0 aromatic rings. The molecule has 0 radical (unpaired) electrons. The fourth-order valence-electron chi connectivity index (χ4n) is 0.296. The van der Waals surface area contributed by atoms with Gasteiger partial charge in [-0.15, -0.1) is 0 Å². The predicted molar refractivity (Wildman–Crippen MR) is 37.0 cm³/mol. The van der Waals surface area contributed by atoms with Crippen LogP contribution in [0.1, 0.15) is 20.3 Å². The normalized spacial score (nSPS) is 12.9. The molecule has 3 heteroatoms. The lowest BCUT2D eigenvalue weighted by Crippen LogP contribution is -2.23. The van der Waals surface area contributed by atoms with Crippen molar-refractivity contribution in [2.24, 2.45) is 5.92 Å². The summed E-state index contributed by atoms with van der Waals surface area (Å²) in [5, 5.41) is 8.25. The Labute approximate surface area is 54.9 Å². The Morgan fingerprint density at radius 2 is 2.38 bits per heavy atom. The number of rotatable bonds is 2. The summed E-state index contributed by atoms with van der Waals surface area (Å²) >= 11 is 4.72. The Bertz CT molecular complexity index is 84.5. The van der Waals surface area contributed by atoms with E-state index in [9.17, 15) is 0 Å². The molecule has 2 N–H and O–H groups in total. The van der Waals surface area contributed by atoms with Crippen molar-refractivity contribution in [3.63, 3.8) is 0 Å². The van der Waals surface area contributed by atoms with Crippen LogP contribution in [0.4, 0.5) is 0 Å². The number of hydrogen-bond donors (Lipinski definition) is 2. The Morgan fingerprint density at radius 3 is 2.50 bits per heavy atom. The van der Waals surface area contributed by atoms with Gasteiger partial charge in [-0.2, -0.15) is 0 Å². The minimum absolute atomic E-state index is 0.287. The third kappa shape index (κ3) is 2.23. The van der Waals surface area contributed by atoms with Crippen molar-refractivity contribution in [2.45, 2.75) is 20.3 Å². The van der Waals surface area contributed by atoms with Gasteiger partial charge in [-0.05, 0) is 6.42 Å². The molecule has 0 saturated carbocycles. The summed E-state index contributed by atoms with van der Waals surface area (Å²) in [6.45, 7) is 3.99. The minimum Gasteiger partial charge on any atom is -0.291 e. The molecule has 0 fully saturated rings. The summed E-state index contributed by atoms with van der Waals surface area (Å²) in [4.78, 5) is 0.521. The Morgan fingerprint density at radius 1 is 1.88 bits per heavy atom. The van der Waals surface area contributed by atoms with Gasteiger partial charge < -0.3 is 0 Å². The first-order chi connectivity index (χ1) is 3.72. The average Bonchev–Trinajstić information content (AvgIpc) is 1.84. The van der Waals surface area contributed by atoms with Gasteiger partial charge in [0, 0.05) is 5.92 Å². The number of thiocarbonyl (C=S) groups is 1. The van der Waals surface area contributed by atoms with Crippen molar-refractivity contribution in [3.8, 4) is 0 Å². The first-order valence-electron chi connectivity index (χ1n) is 2.66. The number of hydroxylamine groups is 1. The van der Waals surface area contributed by atoms with Gasteiger partial charge in [-0.3, -0.25) is 10.7 Å². The largest absolute Gasteiger partial charge is 0.291 e. The summed E-state index contributed by atoms with van der Waals surface area (Å²) in [6.07, 6.45) is 0.965. The van der Waals surface area contributed by atoms with Crippen LogP contribution in [0, 0.1) is 5.92 Å². The zero-order valence-electron chi connectivity index (χ0n) is 5.14. The summed E-state index contributed by atoms with van der Waals surface area (Å²) in [5.74, 6) is 0.287. The summed E-state index contributed by atoms with van der Waals surface area (Å²) in [5.41, 5.74) is 1.95. The van der Waals surface area contributed by atoms with Crippen molar-refractivity contribution < 1.29 is 5.21 Å². The predicted octanol–water partition coefficient (Wildman–Crippen LogP) is 1.34. The lowest BCUT2D eigenvalue weighted by Gasteiger charge is -2.06. The Kier molecular flexibility index (Phi) is 3.73. The SMILES string of the molecule is CCC(C)C(=S)NO. The third-order valence-corrected chi connectivity index (χ3v) is 1.66. The van der Waals surface area contributed by atoms with Gasteiger partial charge in [0.15, 0.2) is 0 Å². The van der Waals surface area contributed by atoms with Crippen molar-refractivity contribution in [2.75, 3.05) is 0 Å². The van der Waals surface area contributed by atoms with E-state index in [1.165, 1.54) is 0 Å². The zero-order valence-corrected chi connectivity index (χ0v) is 5.96. The molecule has 0 heterocycles. The molecule has 0 amide bonds. The molecule has 0 aromatic heterocycles. The van der Waals surface area contributed by atoms with Gasteiger partial charge in [0.1, 0.15) is 4.99 Å². The number of nitrogens with one attached hydrogen (secondary N) is 1. The lowest BCUT2D eigenvalue weighted by atomic mass is 10.1. The lowest BCUT2D eigenvalue weighted by molar-refractivity contribution is 0.231. The van der Waals surface area contributed by atoms with Crippen LogP contribution >= 0.6 is 12.2 Å². The maximum atomic E-state index is 8.25. The third-order valence-electron chi connectivity index (χ3n) is 1.17. The Hall–Kier alpha value is -0.150. The van der Waals surface area contributed by atoms with E-state index in [1.807, 2.05) is 19.3 Å². The van der Waals surface area contributed by atoms with Crippen LogP contribution in [0.3, 0.4) is 0 Å². The van der Waals surface area contributed by atoms with Crippen LogP contribution in [0.2, 0.25) is 0 Å². The highest BCUT2D eigenvalue weighted by molar-refractivity contribution is 7.80. The topological polar surface area (TPSA) is 32.3 Å². The molecule has 0 aromatic carbocycles. The molecule has 2 nitrogen and oxygen atoms in total. The van der Waals surface area contributed by atoms with Crippen LogP contribution in [0.15, 0.2) is 0 Å². The molecule has 8 heavy (non-hydrogen) atoms. The maximum Gasteiger partial charge on any atom is 0.103 e. The highest BCUT2D eigenvalue weighted by Gasteiger charge is 2.02. The molecule has 0 spiro atoms. The van der Waals surface area contributed by atoms with E-state index in [0.717, 1.165) is 6.42 Å². The zero-order chi connectivity index (χ0) is 6.57. The van der Waals surface area contributed by atoms with E-state index in [0.29, 0.717) is 4.99 Å². The molecule has 0 saturated heterocycles. The summed E-state index contributed by atoms with van der Waals surface area (Å²) in [6, 6.07) is 0. The van der Waals surface area contributed by atoms with Gasteiger partial charge in [0.25, 0.3) is 0 Å². The fraction of sp³-hybridized carbons (Fsp3) is 0.800. The molecule has 0 aliphatic rings. The van der Waals surface area contributed by atoms with Gasteiger partial charge >= 0.3 is 0 Å². The molecular weight excluding hydrogens is 122 g/mol. The van der Waals surface area contributed by atoms with Crippen LogP contribution in [0.5, 0.6) is 0 Å². The highest BCUT2D eigenvalue weighted by Crippen LogP contribution is 2.00. The van der Waals surface area contributed by atoms with Crippen LogP contribution in [-0.2, 0) is 0 Å². The maximum absolute atomic E-state index is 8.25. The molecule has 0 aliphatic heterocycles. The minimum atomic E-state index is 0.287. The van der Waals surface area contributed by atoms with E-state index in [-0.39, 0.29) is 5.92 Å². The van der Waals surface area contributed by atoms with Crippen molar-refractivity contribution in [1.82, 2.24) is 5.48 Å². The van der Waals surface area contributed by atoms with E-state index in [4.69, 9.17) is 17.4 Å². The molecule has 1 atom stereocenters. The second-order valence-corrected chi connectivity index (χ2v) is 2.23. The van der Waals surface area contributed by atoms with Crippen LogP contribution in [-0.4, -0.2) is 10.2 Å². The molecule has 48 valence electrons. The quantitative estimate of drug-likeness (QED) is 0.440. The number of hydrogen-bond acceptors (Lipinski definition) is 2. The monoisotopic (exact) mass is 133 g/mol. The molecule has 0 rings (SSSR count). The van der Waals surface area contributed by atoms with Gasteiger partial charge in [-0.25, -0.2) is 0 Å². The molecular formula is C5H11NOS. The van der Waals surface area contributed by atoms with Crippen LogP contribution in [0.25, 0.3) is 0 Å². The molecule has 1 unspecified atom stereocenters. The van der Waals surface area contributed by atoms with Crippen LogP contribution < -0.4 is 5.48 Å². The van der Waals surface area contributed by atoms with Crippen molar-refractivity contribution in [3.05, 3.63) is 0 Å². The van der Waals surface area contributed by atoms with E-state index >= 15 is 0 Å². The smallest absolute Gasteiger partial charge is 0.103 e. The Balaban J connectivity index is 3.46. The van der Waals surface area contributed by atoms with Gasteiger partial charge in [-0.1, -0.05) is 26.1 Å². The van der Waals surface area contributed by atoms with E-state index in [2.05, 4.69) is 0 Å². The fourth-order valence-corrected chi connectivity index (χ4v) is 0.462. The van der Waals surface area contributed by atoms with Gasteiger partial charge in [0.05, 0.1) is 0 Å². The first kappa shape index (κ1) is 7.85. The molecule has 0 bridgehead atoms. The standard InChI is InChI=1S/C5H11NOS/c1-3-4(2)5(8)6-7/h4,7H,3H2,1-2H3,(H,6,8). The second-order valence-electron chi connectivity index (χ2n) is 1.79. The summed E-state index contributed by atoms with van der Waals surface area (Å²) < 4.78 is 0.